The Labute approximate surface area is 108 Å². The Bertz CT molecular complexity index is 450. The second kappa shape index (κ2) is 4.16. The van der Waals surface area contributed by atoms with Gasteiger partial charge >= 0.3 is 0 Å². The summed E-state index contributed by atoms with van der Waals surface area (Å²) in [4.78, 5) is 2.51. The van der Waals surface area contributed by atoms with Crippen LogP contribution in [0.5, 0.6) is 11.5 Å². The van der Waals surface area contributed by atoms with Crippen LogP contribution in [0.4, 0.5) is 0 Å². The van der Waals surface area contributed by atoms with E-state index in [0.717, 1.165) is 18.7 Å². The molecule has 98 valence electrons. The Morgan fingerprint density at radius 2 is 1.94 bits per heavy atom. The number of ether oxygens (including phenoxy) is 1. The Morgan fingerprint density at radius 3 is 2.67 bits per heavy atom. The fourth-order valence-electron chi connectivity index (χ4n) is 3.38. The molecule has 1 saturated heterocycles. The Morgan fingerprint density at radius 1 is 1.22 bits per heavy atom. The predicted octanol–water partition coefficient (Wildman–Crippen LogP) is 3.09. The second-order valence-electron chi connectivity index (χ2n) is 5.90. The van der Waals surface area contributed by atoms with Crippen molar-refractivity contribution in [3.63, 3.8) is 0 Å². The number of para-hydroxylation sites is 1. The van der Waals surface area contributed by atoms with E-state index in [1.165, 1.54) is 19.3 Å². The van der Waals surface area contributed by atoms with Crippen LogP contribution in [0.25, 0.3) is 0 Å². The van der Waals surface area contributed by atoms with E-state index in [2.05, 4.69) is 24.8 Å². The van der Waals surface area contributed by atoms with Gasteiger partial charge in [-0.2, -0.15) is 0 Å². The quantitative estimate of drug-likeness (QED) is 0.827. The number of benzene rings is 1. The third-order valence-corrected chi connectivity index (χ3v) is 4.10. The van der Waals surface area contributed by atoms with Crippen molar-refractivity contribution >= 4 is 0 Å². The number of phenolic OH excluding ortho intramolecular Hbond substituents is 1. The summed E-state index contributed by atoms with van der Waals surface area (Å²) >= 11 is 0. The summed E-state index contributed by atoms with van der Waals surface area (Å²) < 4.78 is 6.00. The van der Waals surface area contributed by atoms with Crippen LogP contribution >= 0.6 is 0 Å². The van der Waals surface area contributed by atoms with Gasteiger partial charge in [-0.25, -0.2) is 0 Å². The summed E-state index contributed by atoms with van der Waals surface area (Å²) in [5, 5.41) is 9.94. The zero-order valence-corrected chi connectivity index (χ0v) is 11.1. The summed E-state index contributed by atoms with van der Waals surface area (Å²) in [7, 11) is 0. The van der Waals surface area contributed by atoms with Crippen molar-refractivity contribution in [2.24, 2.45) is 0 Å². The van der Waals surface area contributed by atoms with Crippen molar-refractivity contribution in [1.82, 2.24) is 4.90 Å². The highest BCUT2D eigenvalue weighted by atomic mass is 16.5. The minimum atomic E-state index is -0.265. The van der Waals surface area contributed by atoms with Crippen LogP contribution in [0.2, 0.25) is 0 Å². The number of hydrogen-bond acceptors (Lipinski definition) is 3. The molecule has 0 spiro atoms. The van der Waals surface area contributed by atoms with Gasteiger partial charge in [0.1, 0.15) is 5.60 Å². The number of piperidine rings is 1. The molecule has 0 aliphatic carbocycles. The van der Waals surface area contributed by atoms with Crippen molar-refractivity contribution in [1.29, 1.82) is 0 Å². The summed E-state index contributed by atoms with van der Waals surface area (Å²) in [6, 6.07) is 5.96. The Balaban J connectivity index is 2.00. The number of fused-ring (bicyclic) bond motifs is 1. The van der Waals surface area contributed by atoms with Gasteiger partial charge in [0.15, 0.2) is 11.5 Å². The van der Waals surface area contributed by atoms with Crippen LogP contribution in [0.15, 0.2) is 18.2 Å². The zero-order valence-electron chi connectivity index (χ0n) is 11.1. The molecule has 1 aromatic rings. The van der Waals surface area contributed by atoms with Crippen LogP contribution in [-0.4, -0.2) is 28.7 Å². The van der Waals surface area contributed by atoms with E-state index in [9.17, 15) is 5.11 Å². The third-order valence-electron chi connectivity index (χ3n) is 4.10. The lowest BCUT2D eigenvalue weighted by atomic mass is 9.91. The molecule has 2 aliphatic rings. The first kappa shape index (κ1) is 11.8. The van der Waals surface area contributed by atoms with Crippen molar-refractivity contribution in [3.8, 4) is 11.5 Å². The lowest BCUT2D eigenvalue weighted by Crippen LogP contribution is -2.44. The van der Waals surface area contributed by atoms with E-state index in [0.29, 0.717) is 5.75 Å². The number of likely N-dealkylation sites (tertiary alicyclic amines) is 1. The van der Waals surface area contributed by atoms with E-state index >= 15 is 0 Å². The van der Waals surface area contributed by atoms with Gasteiger partial charge < -0.3 is 9.84 Å². The first-order chi connectivity index (χ1) is 8.59. The normalized spacial score (nSPS) is 26.7. The number of aromatic hydroxyl groups is 1. The van der Waals surface area contributed by atoms with Gasteiger partial charge in [-0.05, 0) is 45.8 Å². The molecule has 2 heterocycles. The minimum absolute atomic E-state index is 0.264. The van der Waals surface area contributed by atoms with E-state index < -0.39 is 0 Å². The molecular formula is C15H21NO2. The molecule has 0 radical (unpaired) electrons. The molecule has 0 aromatic heterocycles. The average molecular weight is 247 g/mol. The Hall–Kier alpha value is -1.22. The summed E-state index contributed by atoms with van der Waals surface area (Å²) in [5.41, 5.74) is 0.875. The lowest BCUT2D eigenvalue weighted by molar-refractivity contribution is 0.0188. The van der Waals surface area contributed by atoms with E-state index in [1.54, 1.807) is 6.07 Å². The maximum Gasteiger partial charge on any atom is 0.166 e. The maximum absolute atomic E-state index is 9.94. The fraction of sp³-hybridized carbons (Fsp3) is 0.600. The molecule has 1 fully saturated rings. The van der Waals surface area contributed by atoms with Crippen molar-refractivity contribution < 1.29 is 9.84 Å². The van der Waals surface area contributed by atoms with Crippen LogP contribution < -0.4 is 4.74 Å². The first-order valence-corrected chi connectivity index (χ1v) is 6.84. The lowest BCUT2D eigenvalue weighted by Gasteiger charge is -2.38. The van der Waals surface area contributed by atoms with Gasteiger partial charge in [-0.15, -0.1) is 0 Å². The monoisotopic (exact) mass is 247 g/mol. The highest BCUT2D eigenvalue weighted by molar-refractivity contribution is 5.51. The molecule has 0 saturated carbocycles. The molecule has 3 heteroatoms. The minimum Gasteiger partial charge on any atom is -0.504 e. The van der Waals surface area contributed by atoms with E-state index in [-0.39, 0.29) is 17.4 Å². The topological polar surface area (TPSA) is 32.7 Å². The fourth-order valence-corrected chi connectivity index (χ4v) is 3.38. The van der Waals surface area contributed by atoms with E-state index in [1.807, 2.05) is 6.07 Å². The average Bonchev–Trinajstić information content (AvgIpc) is 2.62. The van der Waals surface area contributed by atoms with Crippen LogP contribution in [-0.2, 0) is 0 Å². The van der Waals surface area contributed by atoms with E-state index in [4.69, 9.17) is 4.74 Å². The zero-order chi connectivity index (χ0) is 12.8. The highest BCUT2D eigenvalue weighted by Crippen LogP contribution is 2.50. The standard InChI is InChI=1S/C15H21NO2/c1-15(2)14(16-9-4-3-5-10-16)11-7-6-8-12(17)13(11)18-15/h6-8,14,17H,3-5,9-10H2,1-2H3. The summed E-state index contributed by atoms with van der Waals surface area (Å²) in [6.07, 6.45) is 3.86. The van der Waals surface area contributed by atoms with Gasteiger partial charge in [0, 0.05) is 5.56 Å². The highest BCUT2D eigenvalue weighted by Gasteiger charge is 2.45. The van der Waals surface area contributed by atoms with Gasteiger partial charge in [0.2, 0.25) is 0 Å². The Kier molecular flexibility index (Phi) is 2.74. The second-order valence-corrected chi connectivity index (χ2v) is 5.90. The largest absolute Gasteiger partial charge is 0.504 e. The number of rotatable bonds is 1. The molecule has 2 aliphatic heterocycles. The molecule has 1 atom stereocenters. The smallest absolute Gasteiger partial charge is 0.166 e. The molecule has 1 N–H and O–H groups in total. The number of phenols is 1. The molecule has 1 unspecified atom stereocenters. The number of nitrogens with zero attached hydrogens (tertiary/aromatic N) is 1. The van der Waals surface area contributed by atoms with Gasteiger partial charge in [0.25, 0.3) is 0 Å². The number of hydrogen-bond donors (Lipinski definition) is 1. The molecule has 1 aromatic carbocycles. The molecule has 0 amide bonds. The van der Waals surface area contributed by atoms with Crippen LogP contribution in [0, 0.1) is 0 Å². The molecular weight excluding hydrogens is 226 g/mol. The third kappa shape index (κ3) is 1.77. The first-order valence-electron chi connectivity index (χ1n) is 6.84. The molecule has 3 nitrogen and oxygen atoms in total. The molecule has 0 bridgehead atoms. The summed E-state index contributed by atoms with van der Waals surface area (Å²) in [5.74, 6) is 0.943. The van der Waals surface area contributed by atoms with Crippen molar-refractivity contribution in [3.05, 3.63) is 23.8 Å². The van der Waals surface area contributed by atoms with Crippen LogP contribution in [0.3, 0.4) is 0 Å². The van der Waals surface area contributed by atoms with Crippen molar-refractivity contribution in [2.75, 3.05) is 13.1 Å². The van der Waals surface area contributed by atoms with Crippen LogP contribution in [0.1, 0.15) is 44.7 Å². The molecule has 18 heavy (non-hydrogen) atoms. The predicted molar refractivity (Wildman–Crippen MR) is 71.0 cm³/mol. The maximum atomic E-state index is 9.94. The van der Waals surface area contributed by atoms with Gasteiger partial charge in [0.05, 0.1) is 6.04 Å². The van der Waals surface area contributed by atoms with Gasteiger partial charge in [-0.1, -0.05) is 18.6 Å². The molecule has 3 rings (SSSR count). The van der Waals surface area contributed by atoms with Gasteiger partial charge in [-0.3, -0.25) is 4.90 Å². The SMILES string of the molecule is CC1(C)Oc2c(O)cccc2C1N1CCCCC1. The summed E-state index contributed by atoms with van der Waals surface area (Å²) in [6.45, 7) is 6.50. The van der Waals surface area contributed by atoms with Crippen molar-refractivity contribution in [2.45, 2.75) is 44.8 Å².